The third kappa shape index (κ3) is 2.35. The highest BCUT2D eigenvalue weighted by atomic mass is 127. The van der Waals surface area contributed by atoms with Crippen LogP contribution < -0.4 is 11.2 Å². The predicted octanol–water partition coefficient (Wildman–Crippen LogP) is 2.64. The van der Waals surface area contributed by atoms with Crippen molar-refractivity contribution in [2.45, 2.75) is 13.8 Å². The molecule has 1 aromatic carbocycles. The molecule has 0 saturated heterocycles. The van der Waals surface area contributed by atoms with E-state index in [1.165, 1.54) is 6.20 Å². The predicted molar refractivity (Wildman–Crippen MR) is 90.6 cm³/mol. The molecule has 2 aromatic heterocycles. The number of hydrogen-bond donors (Lipinski definition) is 2. The number of aryl methyl sites for hydroxylation is 2. The summed E-state index contributed by atoms with van der Waals surface area (Å²) in [6.07, 6.45) is 1.17. The average Bonchev–Trinajstić information content (AvgIpc) is 2.44. The van der Waals surface area contributed by atoms with E-state index in [1.807, 2.05) is 6.92 Å². The number of H-pyrrole nitrogens is 2. The number of pyridine rings is 1. The zero-order valence-electron chi connectivity index (χ0n) is 11.8. The number of fused-ring (bicyclic) bond motifs is 1. The number of aromatic amines is 2. The molecule has 7 heteroatoms. The maximum Gasteiger partial charge on any atom is 0.326 e. The standard InChI is InChI=1S/C15H11FIN3O2/c1-6-4-10(18-5-9(6)16)11-7(2)3-8-13(12(11)17)19-15(22)20-14(8)21/h3-5H,1-2H3,(H2,19,20,21,22). The molecule has 0 spiro atoms. The minimum absolute atomic E-state index is 0.373. The van der Waals surface area contributed by atoms with Crippen LogP contribution in [0.5, 0.6) is 0 Å². The summed E-state index contributed by atoms with van der Waals surface area (Å²) in [6.45, 7) is 3.51. The Morgan fingerprint density at radius 2 is 1.86 bits per heavy atom. The van der Waals surface area contributed by atoms with E-state index in [-0.39, 0.29) is 5.82 Å². The van der Waals surface area contributed by atoms with Gasteiger partial charge in [0.15, 0.2) is 0 Å². The van der Waals surface area contributed by atoms with Crippen LogP contribution in [0.3, 0.4) is 0 Å². The van der Waals surface area contributed by atoms with Crippen LogP contribution >= 0.6 is 22.6 Å². The lowest BCUT2D eigenvalue weighted by Gasteiger charge is -2.11. The monoisotopic (exact) mass is 411 g/mol. The first-order valence-electron chi connectivity index (χ1n) is 6.46. The van der Waals surface area contributed by atoms with E-state index in [0.29, 0.717) is 25.7 Å². The first-order valence-corrected chi connectivity index (χ1v) is 7.54. The van der Waals surface area contributed by atoms with Gasteiger partial charge in [-0.15, -0.1) is 0 Å². The summed E-state index contributed by atoms with van der Waals surface area (Å²) in [7, 11) is 0. The van der Waals surface area contributed by atoms with Gasteiger partial charge in [0, 0.05) is 9.13 Å². The quantitative estimate of drug-likeness (QED) is 0.605. The van der Waals surface area contributed by atoms with Crippen molar-refractivity contribution in [3.8, 4) is 11.3 Å². The van der Waals surface area contributed by atoms with Crippen LogP contribution in [0.15, 0.2) is 27.9 Å². The van der Waals surface area contributed by atoms with Crippen LogP contribution in [0, 0.1) is 23.2 Å². The Morgan fingerprint density at radius 3 is 2.55 bits per heavy atom. The molecule has 3 aromatic rings. The summed E-state index contributed by atoms with van der Waals surface area (Å²) in [6, 6.07) is 3.35. The van der Waals surface area contributed by atoms with E-state index >= 15 is 0 Å². The van der Waals surface area contributed by atoms with E-state index in [1.54, 1.807) is 19.1 Å². The smallest absolute Gasteiger partial charge is 0.306 e. The van der Waals surface area contributed by atoms with Crippen LogP contribution in [-0.2, 0) is 0 Å². The minimum atomic E-state index is -0.562. The largest absolute Gasteiger partial charge is 0.326 e. The molecule has 5 nitrogen and oxygen atoms in total. The molecule has 2 heterocycles. The highest BCUT2D eigenvalue weighted by molar-refractivity contribution is 14.1. The molecule has 0 fully saturated rings. The second-order valence-corrected chi connectivity index (χ2v) is 6.11. The number of nitrogens with one attached hydrogen (secondary N) is 2. The average molecular weight is 411 g/mol. The zero-order chi connectivity index (χ0) is 16.0. The first kappa shape index (κ1) is 14.9. The van der Waals surface area contributed by atoms with Gasteiger partial charge in [-0.1, -0.05) is 0 Å². The summed E-state index contributed by atoms with van der Waals surface area (Å²) >= 11 is 2.06. The summed E-state index contributed by atoms with van der Waals surface area (Å²) in [5.41, 5.74) is 2.15. The number of benzene rings is 1. The molecule has 0 atom stereocenters. The Labute approximate surface area is 137 Å². The van der Waals surface area contributed by atoms with Crippen LogP contribution in [0.2, 0.25) is 0 Å². The molecule has 0 saturated carbocycles. The molecular formula is C15H11FIN3O2. The Balaban J connectivity index is 2.42. The summed E-state index contributed by atoms with van der Waals surface area (Å²) in [5, 5.41) is 0.407. The maximum atomic E-state index is 13.4. The summed E-state index contributed by atoms with van der Waals surface area (Å²) in [4.78, 5) is 32.4. The molecule has 2 N–H and O–H groups in total. The van der Waals surface area contributed by atoms with Crippen molar-refractivity contribution in [2.75, 3.05) is 0 Å². The Bertz CT molecular complexity index is 1020. The molecule has 112 valence electrons. The van der Waals surface area contributed by atoms with Crippen molar-refractivity contribution in [2.24, 2.45) is 0 Å². The number of rotatable bonds is 1. The van der Waals surface area contributed by atoms with Gasteiger partial charge >= 0.3 is 5.69 Å². The second kappa shape index (κ2) is 5.31. The third-order valence-corrected chi connectivity index (χ3v) is 4.56. The number of nitrogens with zero attached hydrogens (tertiary/aromatic N) is 1. The second-order valence-electron chi connectivity index (χ2n) is 5.03. The molecule has 0 aliphatic heterocycles. The molecule has 0 bridgehead atoms. The van der Waals surface area contributed by atoms with Crippen molar-refractivity contribution >= 4 is 33.5 Å². The fourth-order valence-corrected chi connectivity index (χ4v) is 3.51. The lowest BCUT2D eigenvalue weighted by Crippen LogP contribution is -2.22. The van der Waals surface area contributed by atoms with E-state index in [9.17, 15) is 14.0 Å². The Hall–Kier alpha value is -2.03. The lowest BCUT2D eigenvalue weighted by molar-refractivity contribution is 0.612. The van der Waals surface area contributed by atoms with Crippen molar-refractivity contribution in [1.29, 1.82) is 0 Å². The van der Waals surface area contributed by atoms with Gasteiger partial charge in [-0.2, -0.15) is 0 Å². The molecule has 0 aliphatic carbocycles. The molecular weight excluding hydrogens is 400 g/mol. The fourth-order valence-electron chi connectivity index (χ4n) is 2.38. The molecule has 3 rings (SSSR count). The van der Waals surface area contributed by atoms with Crippen molar-refractivity contribution < 1.29 is 4.39 Å². The normalized spacial score (nSPS) is 11.1. The molecule has 0 aliphatic rings. The molecule has 0 unspecified atom stereocenters. The van der Waals surface area contributed by atoms with Crippen molar-refractivity contribution in [3.05, 3.63) is 59.7 Å². The Kier molecular flexibility index (Phi) is 3.59. The maximum absolute atomic E-state index is 13.4. The Morgan fingerprint density at radius 1 is 1.14 bits per heavy atom. The van der Waals surface area contributed by atoms with Gasteiger partial charge in [0.2, 0.25) is 0 Å². The number of halogens is 2. The van der Waals surface area contributed by atoms with Gasteiger partial charge in [0.05, 0.1) is 22.8 Å². The molecule has 0 radical (unpaired) electrons. The van der Waals surface area contributed by atoms with Gasteiger partial charge in [0.1, 0.15) is 5.82 Å². The number of hydrogen-bond acceptors (Lipinski definition) is 3. The molecule has 0 amide bonds. The van der Waals surface area contributed by atoms with Gasteiger partial charge in [-0.3, -0.25) is 14.8 Å². The molecule has 22 heavy (non-hydrogen) atoms. The van der Waals surface area contributed by atoms with Crippen LogP contribution in [0.4, 0.5) is 4.39 Å². The SMILES string of the molecule is Cc1cc(-c2c(C)cc3c(=O)[nH]c(=O)[nH]c3c2I)ncc1F. The van der Waals surface area contributed by atoms with Crippen LogP contribution in [0.25, 0.3) is 22.2 Å². The van der Waals surface area contributed by atoms with Gasteiger partial charge < -0.3 is 4.98 Å². The summed E-state index contributed by atoms with van der Waals surface area (Å²) < 4.78 is 14.1. The van der Waals surface area contributed by atoms with Gasteiger partial charge in [-0.05, 0) is 59.7 Å². The van der Waals surface area contributed by atoms with Crippen molar-refractivity contribution in [1.82, 2.24) is 15.0 Å². The fraction of sp³-hybridized carbons (Fsp3) is 0.133. The number of aromatic nitrogens is 3. The summed E-state index contributed by atoms with van der Waals surface area (Å²) in [5.74, 6) is -0.373. The van der Waals surface area contributed by atoms with E-state index < -0.39 is 11.2 Å². The highest BCUT2D eigenvalue weighted by Crippen LogP contribution is 2.32. The topological polar surface area (TPSA) is 78.6 Å². The van der Waals surface area contributed by atoms with E-state index in [0.717, 1.165) is 11.1 Å². The van der Waals surface area contributed by atoms with Crippen molar-refractivity contribution in [3.63, 3.8) is 0 Å². The van der Waals surface area contributed by atoms with E-state index in [2.05, 4.69) is 37.5 Å². The van der Waals surface area contributed by atoms with Crippen LogP contribution in [0.1, 0.15) is 11.1 Å². The highest BCUT2D eigenvalue weighted by Gasteiger charge is 2.15. The van der Waals surface area contributed by atoms with Gasteiger partial charge in [0.25, 0.3) is 5.56 Å². The zero-order valence-corrected chi connectivity index (χ0v) is 13.9. The third-order valence-electron chi connectivity index (χ3n) is 3.48. The van der Waals surface area contributed by atoms with Crippen LogP contribution in [-0.4, -0.2) is 15.0 Å². The minimum Gasteiger partial charge on any atom is -0.306 e. The van der Waals surface area contributed by atoms with E-state index in [4.69, 9.17) is 0 Å². The van der Waals surface area contributed by atoms with Gasteiger partial charge in [-0.25, -0.2) is 9.18 Å². The first-order chi connectivity index (χ1) is 10.4. The lowest BCUT2D eigenvalue weighted by atomic mass is 10.0.